The third-order valence-corrected chi connectivity index (χ3v) is 5.18. The van der Waals surface area contributed by atoms with Gasteiger partial charge in [-0.1, -0.05) is 24.3 Å². The van der Waals surface area contributed by atoms with Crippen LogP contribution in [0.1, 0.15) is 16.0 Å². The predicted molar refractivity (Wildman–Crippen MR) is 84.5 cm³/mol. The highest BCUT2D eigenvalue weighted by atomic mass is 79.9. The molecule has 0 radical (unpaired) electrons. The fourth-order valence-corrected chi connectivity index (χ4v) is 3.90. The van der Waals surface area contributed by atoms with Crippen molar-refractivity contribution in [2.45, 2.75) is 25.6 Å². The monoisotopic (exact) mass is 336 g/mol. The Bertz CT molecular complexity index is 553. The highest BCUT2D eigenvalue weighted by Crippen LogP contribution is 2.19. The van der Waals surface area contributed by atoms with Gasteiger partial charge in [0.25, 0.3) is 0 Å². The summed E-state index contributed by atoms with van der Waals surface area (Å²) in [5, 5.41) is 9.27. The van der Waals surface area contributed by atoms with Gasteiger partial charge in [-0.3, -0.25) is 0 Å². The van der Waals surface area contributed by atoms with Crippen molar-refractivity contribution >= 4 is 27.3 Å². The first kappa shape index (κ1) is 13.3. The minimum absolute atomic E-state index is 0.540. The van der Waals surface area contributed by atoms with E-state index < -0.39 is 0 Å². The molecule has 0 saturated carbocycles. The summed E-state index contributed by atoms with van der Waals surface area (Å²) in [5.41, 5.74) is 2.94. The number of fused-ring (bicyclic) bond motifs is 1. The average Bonchev–Trinajstić information content (AvgIpc) is 2.84. The second kappa shape index (κ2) is 6.18. The number of benzene rings is 1. The Hall–Kier alpha value is -0.680. The molecule has 4 heteroatoms. The van der Waals surface area contributed by atoms with E-state index in [4.69, 9.17) is 0 Å². The topological polar surface area (TPSA) is 24.1 Å². The van der Waals surface area contributed by atoms with E-state index in [0.29, 0.717) is 6.04 Å². The molecule has 1 atom stereocenters. The van der Waals surface area contributed by atoms with E-state index in [9.17, 15) is 0 Å². The zero-order chi connectivity index (χ0) is 13.1. The summed E-state index contributed by atoms with van der Waals surface area (Å²) in [6.45, 7) is 2.97. The van der Waals surface area contributed by atoms with Crippen LogP contribution in [-0.4, -0.2) is 12.6 Å². The standard InChI is InChI=1S/C15H17BrN2S/c16-13-6-15(19-10-13)9-17-8-14-5-11-3-1-2-4-12(11)7-18-14/h1-4,6,10,14,17-18H,5,7-9H2. The van der Waals surface area contributed by atoms with Crippen molar-refractivity contribution in [3.8, 4) is 0 Å². The first-order valence-electron chi connectivity index (χ1n) is 6.55. The lowest BCUT2D eigenvalue weighted by atomic mass is 9.96. The van der Waals surface area contributed by atoms with Crippen molar-refractivity contribution in [2.24, 2.45) is 0 Å². The van der Waals surface area contributed by atoms with Gasteiger partial charge in [-0.25, -0.2) is 0 Å². The van der Waals surface area contributed by atoms with Crippen molar-refractivity contribution in [2.75, 3.05) is 6.54 Å². The van der Waals surface area contributed by atoms with Gasteiger partial charge in [0.1, 0.15) is 0 Å². The lowest BCUT2D eigenvalue weighted by molar-refractivity contribution is 0.448. The molecule has 2 N–H and O–H groups in total. The molecular formula is C15H17BrN2S. The van der Waals surface area contributed by atoms with Gasteiger partial charge in [-0.05, 0) is 39.5 Å². The van der Waals surface area contributed by atoms with E-state index in [1.54, 1.807) is 11.3 Å². The minimum atomic E-state index is 0.540. The molecule has 1 unspecified atom stereocenters. The summed E-state index contributed by atoms with van der Waals surface area (Å²) in [6, 6.07) is 11.4. The van der Waals surface area contributed by atoms with Crippen molar-refractivity contribution in [3.05, 3.63) is 56.2 Å². The minimum Gasteiger partial charge on any atom is -0.310 e. The molecule has 1 aromatic carbocycles. The van der Waals surface area contributed by atoms with Gasteiger partial charge >= 0.3 is 0 Å². The molecule has 0 amide bonds. The largest absolute Gasteiger partial charge is 0.310 e. The molecule has 100 valence electrons. The summed E-state index contributed by atoms with van der Waals surface area (Å²) < 4.78 is 1.18. The summed E-state index contributed by atoms with van der Waals surface area (Å²) in [7, 11) is 0. The summed E-state index contributed by atoms with van der Waals surface area (Å²) in [6.07, 6.45) is 1.12. The highest BCUT2D eigenvalue weighted by molar-refractivity contribution is 9.10. The van der Waals surface area contributed by atoms with Gasteiger partial charge in [0.05, 0.1) is 0 Å². The maximum Gasteiger partial charge on any atom is 0.0300 e. The molecule has 0 bridgehead atoms. The van der Waals surface area contributed by atoms with Crippen molar-refractivity contribution < 1.29 is 0 Å². The van der Waals surface area contributed by atoms with Crippen LogP contribution in [0, 0.1) is 0 Å². The Morgan fingerprint density at radius 3 is 2.95 bits per heavy atom. The van der Waals surface area contributed by atoms with Gasteiger partial charge in [0.15, 0.2) is 0 Å². The SMILES string of the molecule is Brc1csc(CNCC2Cc3ccccc3CN2)c1. The van der Waals surface area contributed by atoms with Crippen LogP contribution < -0.4 is 10.6 Å². The number of nitrogens with one attached hydrogen (secondary N) is 2. The lowest BCUT2D eigenvalue weighted by Crippen LogP contribution is -2.42. The molecule has 1 aromatic heterocycles. The first-order chi connectivity index (χ1) is 9.31. The lowest BCUT2D eigenvalue weighted by Gasteiger charge is -2.26. The number of hydrogen-bond acceptors (Lipinski definition) is 3. The Balaban J connectivity index is 1.50. The number of rotatable bonds is 4. The molecular weight excluding hydrogens is 320 g/mol. The van der Waals surface area contributed by atoms with Crippen LogP contribution in [0.2, 0.25) is 0 Å². The van der Waals surface area contributed by atoms with E-state index in [1.165, 1.54) is 20.5 Å². The Kier molecular flexibility index (Phi) is 4.33. The molecule has 0 fully saturated rings. The van der Waals surface area contributed by atoms with Gasteiger partial charge in [0, 0.05) is 40.4 Å². The van der Waals surface area contributed by atoms with Crippen LogP contribution in [0.3, 0.4) is 0 Å². The number of thiophene rings is 1. The van der Waals surface area contributed by atoms with Crippen molar-refractivity contribution in [1.29, 1.82) is 0 Å². The van der Waals surface area contributed by atoms with E-state index >= 15 is 0 Å². The van der Waals surface area contributed by atoms with E-state index in [1.807, 2.05) is 0 Å². The quantitative estimate of drug-likeness (QED) is 0.894. The molecule has 19 heavy (non-hydrogen) atoms. The third kappa shape index (κ3) is 3.45. The summed E-state index contributed by atoms with van der Waals surface area (Å²) in [5.74, 6) is 0. The van der Waals surface area contributed by atoms with Gasteiger partial charge in [-0.2, -0.15) is 0 Å². The van der Waals surface area contributed by atoms with Gasteiger partial charge in [-0.15, -0.1) is 11.3 Å². The van der Waals surface area contributed by atoms with Crippen LogP contribution in [0.25, 0.3) is 0 Å². The Labute approximate surface area is 126 Å². The van der Waals surface area contributed by atoms with Crippen LogP contribution in [-0.2, 0) is 19.5 Å². The maximum atomic E-state index is 3.60. The Morgan fingerprint density at radius 2 is 2.16 bits per heavy atom. The fraction of sp³-hybridized carbons (Fsp3) is 0.333. The molecule has 3 rings (SSSR count). The van der Waals surface area contributed by atoms with E-state index in [0.717, 1.165) is 26.1 Å². The first-order valence-corrected chi connectivity index (χ1v) is 8.22. The molecule has 0 spiro atoms. The van der Waals surface area contributed by atoms with Gasteiger partial charge in [0.2, 0.25) is 0 Å². The fourth-order valence-electron chi connectivity index (χ4n) is 2.48. The predicted octanol–water partition coefficient (Wildman–Crippen LogP) is 3.31. The number of hydrogen-bond donors (Lipinski definition) is 2. The smallest absolute Gasteiger partial charge is 0.0300 e. The molecule has 1 aliphatic rings. The Morgan fingerprint density at radius 1 is 1.32 bits per heavy atom. The highest BCUT2D eigenvalue weighted by Gasteiger charge is 2.16. The summed E-state index contributed by atoms with van der Waals surface area (Å²) in [4.78, 5) is 1.38. The van der Waals surface area contributed by atoms with E-state index in [-0.39, 0.29) is 0 Å². The van der Waals surface area contributed by atoms with Crippen LogP contribution in [0.5, 0.6) is 0 Å². The molecule has 0 saturated heterocycles. The molecule has 2 nitrogen and oxygen atoms in total. The average molecular weight is 337 g/mol. The molecule has 0 aliphatic carbocycles. The zero-order valence-electron chi connectivity index (χ0n) is 10.7. The van der Waals surface area contributed by atoms with Crippen LogP contribution in [0.4, 0.5) is 0 Å². The van der Waals surface area contributed by atoms with Crippen LogP contribution in [0.15, 0.2) is 40.2 Å². The maximum absolute atomic E-state index is 3.60. The third-order valence-electron chi connectivity index (χ3n) is 3.48. The van der Waals surface area contributed by atoms with Gasteiger partial charge < -0.3 is 10.6 Å². The van der Waals surface area contributed by atoms with Crippen LogP contribution >= 0.6 is 27.3 Å². The van der Waals surface area contributed by atoms with E-state index in [2.05, 4.69) is 62.3 Å². The zero-order valence-corrected chi connectivity index (χ0v) is 13.1. The van der Waals surface area contributed by atoms with Crippen molar-refractivity contribution in [3.63, 3.8) is 0 Å². The number of halogens is 1. The van der Waals surface area contributed by atoms with Crippen molar-refractivity contribution in [1.82, 2.24) is 10.6 Å². The molecule has 2 aromatic rings. The second-order valence-electron chi connectivity index (χ2n) is 4.91. The summed E-state index contributed by atoms with van der Waals surface area (Å²) >= 11 is 5.28. The molecule has 1 aliphatic heterocycles. The molecule has 2 heterocycles. The second-order valence-corrected chi connectivity index (χ2v) is 6.82. The normalized spacial score (nSPS) is 18.3.